The summed E-state index contributed by atoms with van der Waals surface area (Å²) < 4.78 is 32.4. The van der Waals surface area contributed by atoms with Gasteiger partial charge in [0.1, 0.15) is 5.75 Å². The molecule has 0 atom stereocenters. The number of rotatable bonds is 4. The van der Waals surface area contributed by atoms with Gasteiger partial charge in [-0.25, -0.2) is 13.4 Å². The van der Waals surface area contributed by atoms with Gasteiger partial charge in [-0.1, -0.05) is 12.1 Å². The molecule has 0 fully saturated rings. The minimum atomic E-state index is -3.58. The van der Waals surface area contributed by atoms with Crippen molar-refractivity contribution < 1.29 is 13.2 Å². The number of pyridine rings is 1. The number of thiazole rings is 1. The summed E-state index contributed by atoms with van der Waals surface area (Å²) in [6.45, 7) is 0. The van der Waals surface area contributed by atoms with E-state index in [0.29, 0.717) is 22.4 Å². The molecule has 0 radical (unpaired) electrons. The van der Waals surface area contributed by atoms with Crippen LogP contribution in [0.15, 0.2) is 82.7 Å². The summed E-state index contributed by atoms with van der Waals surface area (Å²) in [7, 11) is -1.98. The zero-order valence-corrected chi connectivity index (χ0v) is 19.1. The smallest absolute Gasteiger partial charge is 0.201 e. The van der Waals surface area contributed by atoms with E-state index in [9.17, 15) is 8.42 Å². The summed E-state index contributed by atoms with van der Waals surface area (Å²) in [6, 6.07) is 18.8. The Labute approximate surface area is 194 Å². The fraction of sp³-hybridized carbons (Fsp3) is 0.0400. The first-order valence-corrected chi connectivity index (χ1v) is 12.6. The van der Waals surface area contributed by atoms with E-state index in [1.807, 2.05) is 60.1 Å². The first-order chi connectivity index (χ1) is 16.0. The van der Waals surface area contributed by atoms with Crippen molar-refractivity contribution in [2.75, 3.05) is 12.4 Å². The Morgan fingerprint density at radius 1 is 0.939 bits per heavy atom. The van der Waals surface area contributed by atoms with Gasteiger partial charge in [-0.05, 0) is 54.1 Å². The summed E-state index contributed by atoms with van der Waals surface area (Å²) in [4.78, 5) is 9.17. The standard InChI is InChI=1S/C25H17N3O3S2/c1-31-17-5-2-15(3-6-17)20-13-33(29,30)25-12-19-21(8-9-26-22(19)11-18(20)25)28-16-4-7-24-23(10-16)27-14-32-24/h2-14H,1H3,(H,26,28). The van der Waals surface area contributed by atoms with E-state index in [1.54, 1.807) is 30.7 Å². The molecule has 6 rings (SSSR count). The number of nitrogens with zero attached hydrogens (tertiary/aromatic N) is 2. The lowest BCUT2D eigenvalue weighted by Crippen LogP contribution is -1.97. The molecular formula is C25H17N3O3S2. The Morgan fingerprint density at radius 2 is 1.79 bits per heavy atom. The van der Waals surface area contributed by atoms with Gasteiger partial charge in [-0.3, -0.25) is 4.98 Å². The molecule has 3 aromatic carbocycles. The highest BCUT2D eigenvalue weighted by atomic mass is 32.2. The van der Waals surface area contributed by atoms with Crippen LogP contribution in [-0.4, -0.2) is 25.5 Å². The van der Waals surface area contributed by atoms with Gasteiger partial charge in [0.05, 0.1) is 33.2 Å². The van der Waals surface area contributed by atoms with Crippen molar-refractivity contribution in [3.8, 4) is 5.75 Å². The van der Waals surface area contributed by atoms with Crippen LogP contribution in [0, 0.1) is 0 Å². The summed E-state index contributed by atoms with van der Waals surface area (Å²) in [5.74, 6) is 0.715. The van der Waals surface area contributed by atoms with Crippen LogP contribution >= 0.6 is 11.3 Å². The number of fused-ring (bicyclic) bond motifs is 3. The van der Waals surface area contributed by atoms with Gasteiger partial charge in [0.25, 0.3) is 0 Å². The number of sulfone groups is 1. The summed E-state index contributed by atoms with van der Waals surface area (Å²) in [5, 5.41) is 5.48. The summed E-state index contributed by atoms with van der Waals surface area (Å²) >= 11 is 1.59. The molecule has 1 aliphatic rings. The Morgan fingerprint density at radius 3 is 2.61 bits per heavy atom. The first-order valence-electron chi connectivity index (χ1n) is 10.2. The Kier molecular flexibility index (Phi) is 4.46. The number of hydrogen-bond acceptors (Lipinski definition) is 7. The van der Waals surface area contributed by atoms with Crippen LogP contribution in [0.4, 0.5) is 11.4 Å². The van der Waals surface area contributed by atoms with Crippen molar-refractivity contribution in [2.45, 2.75) is 4.90 Å². The third-order valence-electron chi connectivity index (χ3n) is 5.72. The van der Waals surface area contributed by atoms with Crippen LogP contribution in [0.3, 0.4) is 0 Å². The summed E-state index contributed by atoms with van der Waals surface area (Å²) in [5.41, 5.74) is 7.22. The van der Waals surface area contributed by atoms with E-state index in [0.717, 1.165) is 32.5 Å². The van der Waals surface area contributed by atoms with Crippen molar-refractivity contribution >= 4 is 59.2 Å². The number of anilines is 2. The van der Waals surface area contributed by atoms with Crippen LogP contribution in [0.5, 0.6) is 5.75 Å². The van der Waals surface area contributed by atoms with Gasteiger partial charge in [-0.2, -0.15) is 0 Å². The van der Waals surface area contributed by atoms with E-state index in [4.69, 9.17) is 4.74 Å². The van der Waals surface area contributed by atoms with Gasteiger partial charge in [-0.15, -0.1) is 11.3 Å². The molecule has 0 saturated heterocycles. The van der Waals surface area contributed by atoms with Crippen LogP contribution in [0.25, 0.3) is 26.7 Å². The fourth-order valence-corrected chi connectivity index (χ4v) is 6.21. The third-order valence-corrected chi connectivity index (χ3v) is 8.03. The highest BCUT2D eigenvalue weighted by Crippen LogP contribution is 2.41. The molecule has 33 heavy (non-hydrogen) atoms. The maximum atomic E-state index is 13.0. The molecule has 0 aliphatic carbocycles. The van der Waals surface area contributed by atoms with Crippen molar-refractivity contribution in [1.29, 1.82) is 0 Å². The number of aromatic nitrogens is 2. The Hall–Kier alpha value is -3.75. The SMILES string of the molecule is COc1ccc(C2=CS(=O)(=O)c3cc4c(Nc5ccc6scnc6c5)ccnc4cc32)cc1. The minimum Gasteiger partial charge on any atom is -0.497 e. The zero-order chi connectivity index (χ0) is 22.6. The lowest BCUT2D eigenvalue weighted by atomic mass is 9.98. The third kappa shape index (κ3) is 3.35. The second kappa shape index (κ2) is 7.40. The van der Waals surface area contributed by atoms with Crippen LogP contribution in [0.1, 0.15) is 11.1 Å². The lowest BCUT2D eigenvalue weighted by molar-refractivity contribution is 0.415. The zero-order valence-electron chi connectivity index (χ0n) is 17.4. The second-order valence-electron chi connectivity index (χ2n) is 7.69. The minimum absolute atomic E-state index is 0.284. The molecule has 3 heterocycles. The summed E-state index contributed by atoms with van der Waals surface area (Å²) in [6.07, 6.45) is 1.72. The van der Waals surface area contributed by atoms with Gasteiger partial charge < -0.3 is 10.1 Å². The average Bonchev–Trinajstić information content (AvgIpc) is 3.40. The van der Waals surface area contributed by atoms with Crippen molar-refractivity contribution in [1.82, 2.24) is 9.97 Å². The Bertz CT molecular complexity index is 1690. The van der Waals surface area contributed by atoms with Gasteiger partial charge in [0.2, 0.25) is 9.84 Å². The number of methoxy groups -OCH3 is 1. The Balaban J connectivity index is 1.46. The van der Waals surface area contributed by atoms with Gasteiger partial charge in [0.15, 0.2) is 0 Å². The molecule has 8 heteroatoms. The molecule has 0 amide bonds. The maximum absolute atomic E-state index is 13.0. The van der Waals surface area contributed by atoms with E-state index in [-0.39, 0.29) is 4.90 Å². The molecular weight excluding hydrogens is 454 g/mol. The van der Waals surface area contributed by atoms with E-state index >= 15 is 0 Å². The molecule has 1 N–H and O–H groups in total. The quantitative estimate of drug-likeness (QED) is 0.358. The molecule has 6 nitrogen and oxygen atoms in total. The molecule has 162 valence electrons. The van der Waals surface area contributed by atoms with Crippen molar-refractivity contribution in [3.63, 3.8) is 0 Å². The maximum Gasteiger partial charge on any atom is 0.201 e. The van der Waals surface area contributed by atoms with Gasteiger partial charge >= 0.3 is 0 Å². The van der Waals surface area contributed by atoms with Crippen molar-refractivity contribution in [2.24, 2.45) is 0 Å². The number of hydrogen-bond donors (Lipinski definition) is 1. The fourth-order valence-electron chi connectivity index (χ4n) is 4.10. The predicted molar refractivity (Wildman–Crippen MR) is 132 cm³/mol. The van der Waals surface area contributed by atoms with Crippen LogP contribution in [-0.2, 0) is 9.84 Å². The average molecular weight is 472 g/mol. The number of benzene rings is 3. The van der Waals surface area contributed by atoms with Gasteiger partial charge in [0, 0.05) is 39.5 Å². The molecule has 0 spiro atoms. The molecule has 2 aromatic heterocycles. The largest absolute Gasteiger partial charge is 0.497 e. The highest BCUT2D eigenvalue weighted by molar-refractivity contribution is 7.95. The lowest BCUT2D eigenvalue weighted by Gasteiger charge is -2.12. The molecule has 5 aromatic rings. The molecule has 1 aliphatic heterocycles. The molecule has 0 saturated carbocycles. The number of nitrogens with one attached hydrogen (secondary N) is 1. The normalized spacial score (nSPS) is 14.3. The number of ether oxygens (including phenoxy) is 1. The topological polar surface area (TPSA) is 81.2 Å². The molecule has 0 unspecified atom stereocenters. The second-order valence-corrected chi connectivity index (χ2v) is 10.3. The predicted octanol–water partition coefficient (Wildman–Crippen LogP) is 5.77. The van der Waals surface area contributed by atoms with E-state index in [2.05, 4.69) is 15.3 Å². The first kappa shape index (κ1) is 19.9. The van der Waals surface area contributed by atoms with E-state index < -0.39 is 9.84 Å². The van der Waals surface area contributed by atoms with Crippen molar-refractivity contribution in [3.05, 3.63) is 88.9 Å². The van der Waals surface area contributed by atoms with Crippen LogP contribution in [0.2, 0.25) is 0 Å². The highest BCUT2D eigenvalue weighted by Gasteiger charge is 2.29. The molecule has 0 bridgehead atoms. The monoisotopic (exact) mass is 471 g/mol. The van der Waals surface area contributed by atoms with E-state index in [1.165, 1.54) is 5.41 Å². The van der Waals surface area contributed by atoms with Crippen LogP contribution < -0.4 is 10.1 Å².